The van der Waals surface area contributed by atoms with Gasteiger partial charge < -0.3 is 9.47 Å². The lowest BCUT2D eigenvalue weighted by Crippen LogP contribution is -1.91. The minimum Gasteiger partial charge on any atom is -0.481 e. The van der Waals surface area contributed by atoms with Crippen LogP contribution in [0.5, 0.6) is 11.6 Å². The molecule has 0 aliphatic carbocycles. The summed E-state index contributed by atoms with van der Waals surface area (Å²) in [6.07, 6.45) is 2.92. The van der Waals surface area contributed by atoms with Crippen LogP contribution in [-0.4, -0.2) is 25.5 Å². The van der Waals surface area contributed by atoms with E-state index in [2.05, 4.69) is 9.98 Å². The van der Waals surface area contributed by atoms with Crippen molar-refractivity contribution in [2.45, 2.75) is 0 Å². The fourth-order valence-electron chi connectivity index (χ4n) is 0.671. The lowest BCUT2D eigenvalue weighted by Gasteiger charge is -1.99. The van der Waals surface area contributed by atoms with Gasteiger partial charge in [0.05, 0.1) is 13.3 Å². The van der Waals surface area contributed by atoms with E-state index >= 15 is 0 Å². The molecule has 0 saturated carbocycles. The molecule has 1 aromatic heterocycles. The van der Waals surface area contributed by atoms with Gasteiger partial charge in [0.25, 0.3) is 0 Å². The molecule has 1 heterocycles. The molecular formula is C8H10N2O2. The molecule has 4 nitrogen and oxygen atoms in total. The number of hydrogen-bond donors (Lipinski definition) is 0. The average molecular weight is 166 g/mol. The van der Waals surface area contributed by atoms with Crippen LogP contribution in [0.2, 0.25) is 0 Å². The highest BCUT2D eigenvalue weighted by atomic mass is 16.5. The Morgan fingerprint density at radius 1 is 1.50 bits per heavy atom. The van der Waals surface area contributed by atoms with Crippen LogP contribution in [0.3, 0.4) is 0 Å². The molecule has 0 amide bonds. The minimum atomic E-state index is 0.566. The Morgan fingerprint density at radius 3 is 2.83 bits per heavy atom. The summed E-state index contributed by atoms with van der Waals surface area (Å²) in [5.74, 6) is 1.21. The van der Waals surface area contributed by atoms with Crippen LogP contribution < -0.4 is 9.47 Å². The van der Waals surface area contributed by atoms with E-state index in [1.807, 2.05) is 0 Å². The van der Waals surface area contributed by atoms with Crippen molar-refractivity contribution < 1.29 is 9.47 Å². The first-order chi connectivity index (χ1) is 5.86. The molecule has 0 atom stereocenters. The third-order valence-electron chi connectivity index (χ3n) is 1.21. The van der Waals surface area contributed by atoms with Gasteiger partial charge in [0, 0.05) is 13.1 Å². The topological polar surface area (TPSA) is 43.7 Å². The number of methoxy groups -OCH3 is 1. The van der Waals surface area contributed by atoms with Crippen LogP contribution in [0.1, 0.15) is 0 Å². The van der Waals surface area contributed by atoms with Gasteiger partial charge in [-0.1, -0.05) is 0 Å². The van der Waals surface area contributed by atoms with Gasteiger partial charge >= 0.3 is 0 Å². The molecule has 0 radical (unpaired) electrons. The molecule has 64 valence electrons. The second kappa shape index (κ2) is 4.33. The Morgan fingerprint density at radius 2 is 2.33 bits per heavy atom. The van der Waals surface area contributed by atoms with Gasteiger partial charge in [-0.2, -0.15) is 0 Å². The summed E-state index contributed by atoms with van der Waals surface area (Å²) in [5, 5.41) is 0. The maximum Gasteiger partial charge on any atom is 0.213 e. The van der Waals surface area contributed by atoms with Crippen molar-refractivity contribution in [2.24, 2.45) is 4.99 Å². The summed E-state index contributed by atoms with van der Waals surface area (Å²) in [7, 11) is 3.20. The predicted octanol–water partition coefficient (Wildman–Crippen LogP) is 1.13. The highest BCUT2D eigenvalue weighted by Crippen LogP contribution is 2.12. The van der Waals surface area contributed by atoms with Crippen LogP contribution in [-0.2, 0) is 0 Å². The Balaban J connectivity index is 2.64. The highest BCUT2D eigenvalue weighted by molar-refractivity contribution is 5.51. The van der Waals surface area contributed by atoms with Gasteiger partial charge in [-0.15, -0.1) is 0 Å². The van der Waals surface area contributed by atoms with E-state index < -0.39 is 0 Å². The SMILES string of the molecule is C/N=C\Oc1ccc(OC)nc1. The van der Waals surface area contributed by atoms with E-state index in [0.717, 1.165) is 0 Å². The standard InChI is InChI=1S/C8H10N2O2/c1-9-6-12-7-3-4-8(11-2)10-5-7/h3-6H,1-2H3/b9-6-. The van der Waals surface area contributed by atoms with Gasteiger partial charge in [0.1, 0.15) is 5.75 Å². The number of nitrogens with zero attached hydrogens (tertiary/aromatic N) is 2. The molecule has 0 unspecified atom stereocenters. The zero-order valence-corrected chi connectivity index (χ0v) is 7.02. The van der Waals surface area contributed by atoms with Crippen LogP contribution in [0.4, 0.5) is 0 Å². The molecule has 1 aromatic rings. The maximum atomic E-state index is 5.04. The van der Waals surface area contributed by atoms with Gasteiger partial charge in [-0.05, 0) is 6.07 Å². The Bertz CT molecular complexity index is 256. The largest absolute Gasteiger partial charge is 0.481 e. The molecule has 1 rings (SSSR count). The molecule has 0 aliphatic rings. The first-order valence-electron chi connectivity index (χ1n) is 3.44. The van der Waals surface area contributed by atoms with Gasteiger partial charge in [0.2, 0.25) is 5.88 Å². The second-order valence-electron chi connectivity index (χ2n) is 2.02. The summed E-state index contributed by atoms with van der Waals surface area (Å²) in [5.41, 5.74) is 0. The molecule has 0 saturated heterocycles. The first-order valence-corrected chi connectivity index (χ1v) is 3.44. The van der Waals surface area contributed by atoms with E-state index in [1.165, 1.54) is 6.40 Å². The van der Waals surface area contributed by atoms with Gasteiger partial charge in [0.15, 0.2) is 6.40 Å². The highest BCUT2D eigenvalue weighted by Gasteiger charge is 1.93. The Labute approximate surface area is 70.9 Å². The van der Waals surface area contributed by atoms with Crippen molar-refractivity contribution in [3.63, 3.8) is 0 Å². The average Bonchev–Trinajstić information content (AvgIpc) is 2.15. The molecule has 0 spiro atoms. The second-order valence-corrected chi connectivity index (χ2v) is 2.02. The number of rotatable bonds is 3. The van der Waals surface area contributed by atoms with Crippen LogP contribution in [0.25, 0.3) is 0 Å². The molecule has 4 heteroatoms. The summed E-state index contributed by atoms with van der Waals surface area (Å²) in [4.78, 5) is 7.61. The maximum absolute atomic E-state index is 5.04. The molecule has 0 aliphatic heterocycles. The fourth-order valence-corrected chi connectivity index (χ4v) is 0.671. The van der Waals surface area contributed by atoms with Crippen molar-refractivity contribution in [3.05, 3.63) is 18.3 Å². The van der Waals surface area contributed by atoms with E-state index in [1.54, 1.807) is 32.5 Å². The minimum absolute atomic E-state index is 0.566. The number of hydrogen-bond acceptors (Lipinski definition) is 4. The Kier molecular flexibility index (Phi) is 3.07. The van der Waals surface area contributed by atoms with Crippen molar-refractivity contribution in [3.8, 4) is 11.6 Å². The van der Waals surface area contributed by atoms with Crippen molar-refractivity contribution in [1.29, 1.82) is 0 Å². The molecule has 0 fully saturated rings. The van der Waals surface area contributed by atoms with Gasteiger partial charge in [-0.3, -0.25) is 4.99 Å². The molecule has 0 bridgehead atoms. The van der Waals surface area contributed by atoms with Crippen molar-refractivity contribution in [1.82, 2.24) is 4.98 Å². The normalized spacial score (nSPS) is 10.2. The van der Waals surface area contributed by atoms with E-state index in [9.17, 15) is 0 Å². The van der Waals surface area contributed by atoms with E-state index in [-0.39, 0.29) is 0 Å². The van der Waals surface area contributed by atoms with Crippen LogP contribution >= 0.6 is 0 Å². The Hall–Kier alpha value is -1.58. The summed E-state index contributed by atoms with van der Waals surface area (Å²) < 4.78 is 9.92. The summed E-state index contributed by atoms with van der Waals surface area (Å²) in [6, 6.07) is 3.48. The monoisotopic (exact) mass is 166 g/mol. The number of aromatic nitrogens is 1. The van der Waals surface area contributed by atoms with Crippen molar-refractivity contribution in [2.75, 3.05) is 14.2 Å². The predicted molar refractivity (Wildman–Crippen MR) is 45.8 cm³/mol. The zero-order valence-electron chi connectivity index (χ0n) is 7.02. The summed E-state index contributed by atoms with van der Waals surface area (Å²) >= 11 is 0. The van der Waals surface area contributed by atoms with E-state index in [4.69, 9.17) is 9.47 Å². The number of pyridine rings is 1. The molecule has 0 N–H and O–H groups in total. The third-order valence-corrected chi connectivity index (χ3v) is 1.21. The number of ether oxygens (including phenoxy) is 2. The smallest absolute Gasteiger partial charge is 0.213 e. The van der Waals surface area contributed by atoms with E-state index in [0.29, 0.717) is 11.6 Å². The zero-order chi connectivity index (χ0) is 8.81. The van der Waals surface area contributed by atoms with Crippen LogP contribution in [0.15, 0.2) is 23.3 Å². The summed E-state index contributed by atoms with van der Waals surface area (Å²) in [6.45, 7) is 0. The van der Waals surface area contributed by atoms with Crippen LogP contribution in [0, 0.1) is 0 Å². The fraction of sp³-hybridized carbons (Fsp3) is 0.250. The number of aliphatic imine (C=N–C) groups is 1. The molecular weight excluding hydrogens is 156 g/mol. The first kappa shape index (κ1) is 8.52. The molecule has 0 aromatic carbocycles. The third kappa shape index (κ3) is 2.23. The van der Waals surface area contributed by atoms with Crippen molar-refractivity contribution >= 4 is 6.40 Å². The van der Waals surface area contributed by atoms with Gasteiger partial charge in [-0.25, -0.2) is 4.98 Å². The lowest BCUT2D eigenvalue weighted by molar-refractivity contribution is 0.396. The quantitative estimate of drug-likeness (QED) is 0.499. The lowest BCUT2D eigenvalue weighted by atomic mass is 10.4. The molecule has 12 heavy (non-hydrogen) atoms.